The number of rotatable bonds is 8. The molecule has 0 aliphatic rings. The van der Waals surface area contributed by atoms with Crippen molar-refractivity contribution in [2.75, 3.05) is 6.54 Å². The molecule has 0 heterocycles. The van der Waals surface area contributed by atoms with Gasteiger partial charge in [0, 0.05) is 6.54 Å². The van der Waals surface area contributed by atoms with Crippen LogP contribution in [0, 0.1) is 20.8 Å². The van der Waals surface area contributed by atoms with Crippen LogP contribution in [-0.2, 0) is 16.4 Å². The zero-order valence-corrected chi connectivity index (χ0v) is 17.1. The quantitative estimate of drug-likeness (QED) is 0.489. The van der Waals surface area contributed by atoms with Crippen LogP contribution in [0.25, 0.3) is 0 Å². The molecule has 1 atom stereocenters. The molecule has 0 saturated heterocycles. The van der Waals surface area contributed by atoms with Crippen molar-refractivity contribution in [3.05, 3.63) is 95.8 Å². The maximum absolute atomic E-state index is 13.6. The minimum Gasteiger partial charge on any atom is -0.207 e. The minimum absolute atomic E-state index is 0.213. The normalized spacial score (nSPS) is 12.4. The van der Waals surface area contributed by atoms with E-state index in [1.54, 1.807) is 12.2 Å². The molecule has 0 aliphatic carbocycles. The zero-order valence-electron chi connectivity index (χ0n) is 16.3. The predicted octanol–water partition coefficient (Wildman–Crippen LogP) is 4.74. The third kappa shape index (κ3) is 4.86. The highest BCUT2D eigenvalue weighted by molar-refractivity contribution is 7.89. The first kappa shape index (κ1) is 20.9. The van der Waals surface area contributed by atoms with Crippen LogP contribution in [0.1, 0.15) is 22.3 Å². The molecule has 2 aromatic rings. The number of benzene rings is 2. The second-order valence-corrected chi connectivity index (χ2v) is 8.55. The summed E-state index contributed by atoms with van der Waals surface area (Å²) in [7, 11) is -3.72. The van der Waals surface area contributed by atoms with E-state index in [2.05, 4.69) is 18.9 Å². The summed E-state index contributed by atoms with van der Waals surface area (Å²) in [6, 6.07) is 13.2. The van der Waals surface area contributed by atoms with Crippen molar-refractivity contribution in [2.45, 2.75) is 38.1 Å². The monoisotopic (exact) mass is 381 g/mol. The molecule has 27 heavy (non-hydrogen) atoms. The summed E-state index contributed by atoms with van der Waals surface area (Å²) in [5, 5.41) is 0. The van der Waals surface area contributed by atoms with Crippen molar-refractivity contribution >= 4 is 10.0 Å². The Morgan fingerprint density at radius 1 is 1.11 bits per heavy atom. The van der Waals surface area contributed by atoms with Gasteiger partial charge in [-0.3, -0.25) is 0 Å². The summed E-state index contributed by atoms with van der Waals surface area (Å²) in [5.74, 6) is 0. The van der Waals surface area contributed by atoms with Crippen molar-refractivity contribution in [2.24, 2.45) is 0 Å². The smallest absolute Gasteiger partial charge is 0.207 e. The number of aryl methyl sites for hydroxylation is 3. The molecule has 0 aliphatic heterocycles. The lowest BCUT2D eigenvalue weighted by molar-refractivity contribution is 0.387. The molecule has 2 rings (SSSR count). The minimum atomic E-state index is -3.72. The molecule has 0 unspecified atom stereocenters. The number of nitrogens with zero attached hydrogens (tertiary/aromatic N) is 1. The van der Waals surface area contributed by atoms with Gasteiger partial charge in [-0.05, 0) is 50.0 Å². The Kier molecular flexibility index (Phi) is 6.98. The fourth-order valence-corrected chi connectivity index (χ4v) is 5.43. The Morgan fingerprint density at radius 2 is 1.70 bits per heavy atom. The largest absolute Gasteiger partial charge is 0.244 e. The topological polar surface area (TPSA) is 37.4 Å². The summed E-state index contributed by atoms with van der Waals surface area (Å²) >= 11 is 0. The van der Waals surface area contributed by atoms with Crippen LogP contribution in [-0.4, -0.2) is 25.3 Å². The van der Waals surface area contributed by atoms with Gasteiger partial charge in [-0.2, -0.15) is 4.31 Å². The first-order valence-electron chi connectivity index (χ1n) is 8.91. The molecule has 0 amide bonds. The fourth-order valence-electron chi connectivity index (χ4n) is 3.47. The van der Waals surface area contributed by atoms with E-state index in [1.165, 1.54) is 4.31 Å². The molecular formula is C23H27NO2S. The van der Waals surface area contributed by atoms with E-state index in [9.17, 15) is 8.42 Å². The van der Waals surface area contributed by atoms with Crippen LogP contribution >= 0.6 is 0 Å². The Labute approximate surface area is 163 Å². The number of hydrogen-bond donors (Lipinski definition) is 0. The van der Waals surface area contributed by atoms with E-state index in [0.29, 0.717) is 11.3 Å². The lowest BCUT2D eigenvalue weighted by atomic mass is 10.1. The van der Waals surface area contributed by atoms with E-state index in [-0.39, 0.29) is 6.54 Å². The van der Waals surface area contributed by atoms with Gasteiger partial charge in [-0.25, -0.2) is 8.42 Å². The fraction of sp³-hybridized carbons (Fsp3) is 0.261. The first-order chi connectivity index (χ1) is 12.8. The lowest BCUT2D eigenvalue weighted by Crippen LogP contribution is -2.41. The standard InChI is InChI=1S/C23H27NO2S/c1-6-11-22(17-21-12-9-8-10-13-21)24(14-7-2)27(25,26)23-19(4)15-18(3)16-20(23)5/h7-13,15-16,22H,1-2,14,17H2,3-5H3/t22-/m1/s1. The SMILES string of the molecule is C=C=C[C@H](Cc1ccccc1)N(CC=C)S(=O)(=O)c1c(C)cc(C)cc1C. The average Bonchev–Trinajstić information content (AvgIpc) is 2.59. The van der Waals surface area contributed by atoms with Gasteiger partial charge in [0.1, 0.15) is 0 Å². The molecule has 0 radical (unpaired) electrons. The Bertz CT molecular complexity index is 932. The number of sulfonamides is 1. The molecule has 0 aromatic heterocycles. The van der Waals surface area contributed by atoms with E-state index in [4.69, 9.17) is 0 Å². The molecule has 4 heteroatoms. The second kappa shape index (κ2) is 9.01. The van der Waals surface area contributed by atoms with Gasteiger partial charge < -0.3 is 0 Å². The molecule has 2 aromatic carbocycles. The molecule has 0 spiro atoms. The third-order valence-electron chi connectivity index (χ3n) is 4.45. The summed E-state index contributed by atoms with van der Waals surface area (Å²) in [6.07, 6.45) is 3.87. The highest BCUT2D eigenvalue weighted by atomic mass is 32.2. The summed E-state index contributed by atoms with van der Waals surface area (Å²) in [5.41, 5.74) is 6.38. The van der Waals surface area contributed by atoms with Crippen LogP contribution in [0.5, 0.6) is 0 Å². The molecule has 142 valence electrons. The van der Waals surface area contributed by atoms with E-state index >= 15 is 0 Å². The van der Waals surface area contributed by atoms with Gasteiger partial charge in [0.15, 0.2) is 0 Å². The molecular weight excluding hydrogens is 354 g/mol. The molecule has 0 saturated carbocycles. The van der Waals surface area contributed by atoms with E-state index in [0.717, 1.165) is 22.3 Å². The summed E-state index contributed by atoms with van der Waals surface area (Å²) in [6.45, 7) is 13.3. The molecule has 0 bridgehead atoms. The summed E-state index contributed by atoms with van der Waals surface area (Å²) < 4.78 is 28.7. The maximum Gasteiger partial charge on any atom is 0.244 e. The Balaban J connectivity index is 2.56. The van der Waals surface area contributed by atoms with Crippen molar-refractivity contribution in [3.8, 4) is 0 Å². The van der Waals surface area contributed by atoms with Gasteiger partial charge in [0.25, 0.3) is 0 Å². The van der Waals surface area contributed by atoms with Gasteiger partial charge in [0.05, 0.1) is 10.9 Å². The summed E-state index contributed by atoms with van der Waals surface area (Å²) in [4.78, 5) is 0.366. The Hall–Kier alpha value is -2.39. The van der Waals surface area contributed by atoms with Crippen molar-refractivity contribution in [1.82, 2.24) is 4.31 Å². The predicted molar refractivity (Wildman–Crippen MR) is 112 cm³/mol. The van der Waals surface area contributed by atoms with E-state index in [1.807, 2.05) is 63.2 Å². The van der Waals surface area contributed by atoms with Crippen molar-refractivity contribution < 1.29 is 8.42 Å². The van der Waals surface area contributed by atoms with E-state index < -0.39 is 16.1 Å². The van der Waals surface area contributed by atoms with Crippen LogP contribution < -0.4 is 0 Å². The van der Waals surface area contributed by atoms with Crippen LogP contribution in [0.3, 0.4) is 0 Å². The third-order valence-corrected chi connectivity index (χ3v) is 6.65. The van der Waals surface area contributed by atoms with Crippen LogP contribution in [0.15, 0.2) is 78.4 Å². The van der Waals surface area contributed by atoms with Crippen LogP contribution in [0.4, 0.5) is 0 Å². The highest BCUT2D eigenvalue weighted by Crippen LogP contribution is 2.27. The van der Waals surface area contributed by atoms with Gasteiger partial charge >= 0.3 is 0 Å². The molecule has 0 N–H and O–H groups in total. The lowest BCUT2D eigenvalue weighted by Gasteiger charge is -2.29. The molecule has 0 fully saturated rings. The Morgan fingerprint density at radius 3 is 2.22 bits per heavy atom. The first-order valence-corrected chi connectivity index (χ1v) is 10.4. The maximum atomic E-state index is 13.6. The van der Waals surface area contributed by atoms with Crippen molar-refractivity contribution in [3.63, 3.8) is 0 Å². The molecule has 3 nitrogen and oxygen atoms in total. The highest BCUT2D eigenvalue weighted by Gasteiger charge is 2.32. The van der Waals surface area contributed by atoms with Gasteiger partial charge in [-0.1, -0.05) is 60.7 Å². The second-order valence-electron chi connectivity index (χ2n) is 6.72. The van der Waals surface area contributed by atoms with Gasteiger partial charge in [0.2, 0.25) is 10.0 Å². The number of hydrogen-bond acceptors (Lipinski definition) is 2. The van der Waals surface area contributed by atoms with Crippen molar-refractivity contribution in [1.29, 1.82) is 0 Å². The zero-order chi connectivity index (χ0) is 20.0. The van der Waals surface area contributed by atoms with Crippen LogP contribution in [0.2, 0.25) is 0 Å². The van der Waals surface area contributed by atoms with Gasteiger partial charge in [-0.15, -0.1) is 12.3 Å². The average molecular weight is 382 g/mol.